The predicted octanol–water partition coefficient (Wildman–Crippen LogP) is 0.928. The molecule has 6 heteroatoms. The first-order valence-electron chi connectivity index (χ1n) is 5.99. The van der Waals surface area contributed by atoms with Gasteiger partial charge in [-0.1, -0.05) is 6.07 Å². The molecule has 1 aromatic heterocycles. The lowest BCUT2D eigenvalue weighted by Crippen LogP contribution is -2.34. The lowest BCUT2D eigenvalue weighted by atomic mass is 10.1. The van der Waals surface area contributed by atoms with Crippen molar-refractivity contribution in [1.29, 1.82) is 0 Å². The molecule has 0 radical (unpaired) electrons. The standard InChI is InChI=1S/C12H16FN3O2/c13-10-2-1-3-11(15-10)16-12(17)8-18-9-4-6-14-7-5-9/h1-3,9,14H,4-8H2,(H,15,16,17). The van der Waals surface area contributed by atoms with Crippen LogP contribution in [0.2, 0.25) is 0 Å². The molecular formula is C12H16FN3O2. The fraction of sp³-hybridized carbons (Fsp3) is 0.500. The summed E-state index contributed by atoms with van der Waals surface area (Å²) in [6.07, 6.45) is 1.94. The van der Waals surface area contributed by atoms with Gasteiger partial charge in [0.15, 0.2) is 0 Å². The molecular weight excluding hydrogens is 237 g/mol. The average molecular weight is 253 g/mol. The van der Waals surface area contributed by atoms with Crippen molar-refractivity contribution in [3.05, 3.63) is 24.1 Å². The van der Waals surface area contributed by atoms with Gasteiger partial charge in [0.05, 0.1) is 6.10 Å². The molecule has 0 atom stereocenters. The number of pyridine rings is 1. The van der Waals surface area contributed by atoms with E-state index in [1.54, 1.807) is 0 Å². The molecule has 2 N–H and O–H groups in total. The van der Waals surface area contributed by atoms with Crippen LogP contribution in [0.15, 0.2) is 18.2 Å². The molecule has 2 rings (SSSR count). The zero-order valence-corrected chi connectivity index (χ0v) is 9.99. The largest absolute Gasteiger partial charge is 0.368 e. The lowest BCUT2D eigenvalue weighted by Gasteiger charge is -2.22. The van der Waals surface area contributed by atoms with Gasteiger partial charge in [-0.15, -0.1) is 0 Å². The maximum absolute atomic E-state index is 12.8. The summed E-state index contributed by atoms with van der Waals surface area (Å²) in [5.74, 6) is -0.729. The van der Waals surface area contributed by atoms with Crippen molar-refractivity contribution in [2.24, 2.45) is 0 Å². The summed E-state index contributed by atoms with van der Waals surface area (Å²) < 4.78 is 18.3. The molecule has 5 nitrogen and oxygen atoms in total. The quantitative estimate of drug-likeness (QED) is 0.783. The molecule has 0 aromatic carbocycles. The Morgan fingerprint density at radius 3 is 3.00 bits per heavy atom. The number of nitrogens with zero attached hydrogens (tertiary/aromatic N) is 1. The number of anilines is 1. The Labute approximate surface area is 105 Å². The number of hydrogen-bond acceptors (Lipinski definition) is 4. The van der Waals surface area contributed by atoms with E-state index in [0.29, 0.717) is 0 Å². The number of carbonyl (C=O) groups excluding carboxylic acids is 1. The van der Waals surface area contributed by atoms with Crippen LogP contribution in [0.4, 0.5) is 10.2 Å². The van der Waals surface area contributed by atoms with Gasteiger partial charge in [-0.3, -0.25) is 4.79 Å². The molecule has 0 aliphatic carbocycles. The van der Waals surface area contributed by atoms with E-state index in [1.165, 1.54) is 18.2 Å². The highest BCUT2D eigenvalue weighted by Gasteiger charge is 2.15. The van der Waals surface area contributed by atoms with Gasteiger partial charge < -0.3 is 15.4 Å². The smallest absolute Gasteiger partial charge is 0.251 e. The third-order valence-corrected chi connectivity index (χ3v) is 2.72. The van der Waals surface area contributed by atoms with E-state index >= 15 is 0 Å². The lowest BCUT2D eigenvalue weighted by molar-refractivity contribution is -0.123. The Kier molecular flexibility index (Phi) is 4.60. The Morgan fingerprint density at radius 1 is 1.50 bits per heavy atom. The van der Waals surface area contributed by atoms with Crippen molar-refractivity contribution >= 4 is 11.7 Å². The first kappa shape index (κ1) is 12.9. The Bertz CT molecular complexity index is 408. The van der Waals surface area contributed by atoms with E-state index < -0.39 is 5.95 Å². The second-order valence-corrected chi connectivity index (χ2v) is 4.15. The number of amides is 1. The molecule has 1 aliphatic heterocycles. The Morgan fingerprint density at radius 2 is 2.28 bits per heavy atom. The van der Waals surface area contributed by atoms with E-state index in [1.807, 2.05) is 0 Å². The minimum atomic E-state index is -0.618. The van der Waals surface area contributed by atoms with E-state index in [-0.39, 0.29) is 24.4 Å². The molecule has 18 heavy (non-hydrogen) atoms. The number of carbonyl (C=O) groups is 1. The molecule has 98 valence electrons. The highest BCUT2D eigenvalue weighted by molar-refractivity contribution is 5.90. The van der Waals surface area contributed by atoms with Crippen molar-refractivity contribution in [3.8, 4) is 0 Å². The second-order valence-electron chi connectivity index (χ2n) is 4.15. The van der Waals surface area contributed by atoms with Gasteiger partial charge in [-0.05, 0) is 38.1 Å². The van der Waals surface area contributed by atoms with Crippen LogP contribution in [0.1, 0.15) is 12.8 Å². The number of piperidine rings is 1. The normalized spacial score (nSPS) is 16.5. The Balaban J connectivity index is 1.74. The van der Waals surface area contributed by atoms with Crippen molar-refractivity contribution < 1.29 is 13.9 Å². The van der Waals surface area contributed by atoms with Crippen LogP contribution in [0.25, 0.3) is 0 Å². The number of ether oxygens (including phenoxy) is 1. The van der Waals surface area contributed by atoms with E-state index in [0.717, 1.165) is 25.9 Å². The fourth-order valence-electron chi connectivity index (χ4n) is 1.81. The van der Waals surface area contributed by atoms with Gasteiger partial charge >= 0.3 is 0 Å². The van der Waals surface area contributed by atoms with Crippen molar-refractivity contribution in [3.63, 3.8) is 0 Å². The van der Waals surface area contributed by atoms with Crippen LogP contribution in [0.3, 0.4) is 0 Å². The highest BCUT2D eigenvalue weighted by Crippen LogP contribution is 2.08. The summed E-state index contributed by atoms with van der Waals surface area (Å²) >= 11 is 0. The maximum Gasteiger partial charge on any atom is 0.251 e. The van der Waals surface area contributed by atoms with Gasteiger partial charge in [0.25, 0.3) is 5.91 Å². The number of nitrogens with one attached hydrogen (secondary N) is 2. The molecule has 1 saturated heterocycles. The number of halogens is 1. The summed E-state index contributed by atoms with van der Waals surface area (Å²) in [6.45, 7) is 1.80. The van der Waals surface area contributed by atoms with Gasteiger partial charge in [-0.25, -0.2) is 4.98 Å². The van der Waals surface area contributed by atoms with Crippen LogP contribution in [-0.2, 0) is 9.53 Å². The van der Waals surface area contributed by atoms with Crippen LogP contribution in [0, 0.1) is 5.95 Å². The SMILES string of the molecule is O=C(COC1CCNCC1)Nc1cccc(F)n1. The van der Waals surface area contributed by atoms with Gasteiger partial charge in [0.2, 0.25) is 5.95 Å². The van der Waals surface area contributed by atoms with Crippen LogP contribution < -0.4 is 10.6 Å². The summed E-state index contributed by atoms with van der Waals surface area (Å²) in [7, 11) is 0. The first-order valence-corrected chi connectivity index (χ1v) is 5.99. The molecule has 0 spiro atoms. The minimum absolute atomic E-state index is 0.0249. The topological polar surface area (TPSA) is 63.2 Å². The molecule has 0 unspecified atom stereocenters. The molecule has 1 fully saturated rings. The minimum Gasteiger partial charge on any atom is -0.368 e. The predicted molar refractivity (Wildman–Crippen MR) is 64.7 cm³/mol. The van der Waals surface area contributed by atoms with Crippen LogP contribution in [-0.4, -0.2) is 36.7 Å². The van der Waals surface area contributed by atoms with Crippen molar-refractivity contribution in [2.75, 3.05) is 25.0 Å². The van der Waals surface area contributed by atoms with Crippen molar-refractivity contribution in [1.82, 2.24) is 10.3 Å². The second kappa shape index (κ2) is 6.42. The summed E-state index contributed by atoms with van der Waals surface area (Å²) in [4.78, 5) is 15.1. The summed E-state index contributed by atoms with van der Waals surface area (Å²) in [5.41, 5.74) is 0. The third kappa shape index (κ3) is 4.05. The van der Waals surface area contributed by atoms with E-state index in [2.05, 4.69) is 15.6 Å². The number of aromatic nitrogens is 1. The molecule has 0 saturated carbocycles. The summed E-state index contributed by atoms with van der Waals surface area (Å²) in [5, 5.41) is 5.71. The first-order chi connectivity index (χ1) is 8.74. The zero-order valence-electron chi connectivity index (χ0n) is 9.99. The third-order valence-electron chi connectivity index (χ3n) is 2.72. The van der Waals surface area contributed by atoms with Crippen LogP contribution >= 0.6 is 0 Å². The van der Waals surface area contributed by atoms with Crippen LogP contribution in [0.5, 0.6) is 0 Å². The number of hydrogen-bond donors (Lipinski definition) is 2. The zero-order chi connectivity index (χ0) is 12.8. The van der Waals surface area contributed by atoms with Gasteiger partial charge in [0, 0.05) is 0 Å². The molecule has 0 bridgehead atoms. The van der Waals surface area contributed by atoms with E-state index in [4.69, 9.17) is 4.74 Å². The van der Waals surface area contributed by atoms with Gasteiger partial charge in [0.1, 0.15) is 12.4 Å². The fourth-order valence-corrected chi connectivity index (χ4v) is 1.81. The number of rotatable bonds is 4. The maximum atomic E-state index is 12.8. The highest BCUT2D eigenvalue weighted by atomic mass is 19.1. The molecule has 2 heterocycles. The monoisotopic (exact) mass is 253 g/mol. The molecule has 1 amide bonds. The van der Waals surface area contributed by atoms with Crippen molar-refractivity contribution in [2.45, 2.75) is 18.9 Å². The Hall–Kier alpha value is -1.53. The van der Waals surface area contributed by atoms with Gasteiger partial charge in [-0.2, -0.15) is 4.39 Å². The molecule has 1 aliphatic rings. The average Bonchev–Trinajstić information content (AvgIpc) is 2.38. The summed E-state index contributed by atoms with van der Waals surface area (Å²) in [6, 6.07) is 4.25. The van der Waals surface area contributed by atoms with E-state index in [9.17, 15) is 9.18 Å². The molecule has 1 aromatic rings.